The number of benzene rings is 2. The van der Waals surface area contributed by atoms with Gasteiger partial charge in [0.05, 0.1) is 18.8 Å². The van der Waals surface area contributed by atoms with Crippen molar-refractivity contribution in [2.75, 3.05) is 12.4 Å². The molecular formula is C49H66BN3O11S. The topological polar surface area (TPSA) is 170 Å². The fourth-order valence-corrected chi connectivity index (χ4v) is 9.93. The molecule has 1 unspecified atom stereocenters. The second kappa shape index (κ2) is 19.2. The number of carbonyl (C=O) groups excluding carboxylic acids is 4. The van der Waals surface area contributed by atoms with Crippen LogP contribution in [0, 0.1) is 17.3 Å². The van der Waals surface area contributed by atoms with Gasteiger partial charge < -0.3 is 33.1 Å². The number of rotatable bonds is 16. The second-order valence-corrected chi connectivity index (χ2v) is 22.0. The fourth-order valence-electron chi connectivity index (χ4n) is 9.25. The Kier molecular flexibility index (Phi) is 14.7. The summed E-state index contributed by atoms with van der Waals surface area (Å²) in [5.41, 5.74) is -0.418. The lowest BCUT2D eigenvalue weighted by Gasteiger charge is -2.64. The summed E-state index contributed by atoms with van der Waals surface area (Å²) in [6.45, 7) is 22.8. The van der Waals surface area contributed by atoms with E-state index in [1.54, 1.807) is 73.8 Å². The van der Waals surface area contributed by atoms with E-state index in [0.29, 0.717) is 17.0 Å². The lowest BCUT2D eigenvalue weighted by molar-refractivity contribution is -0.199. The van der Waals surface area contributed by atoms with Gasteiger partial charge in [0.15, 0.2) is 16.6 Å². The predicted octanol–water partition coefficient (Wildman–Crippen LogP) is 9.95. The van der Waals surface area contributed by atoms with Gasteiger partial charge in [0.25, 0.3) is 0 Å². The summed E-state index contributed by atoms with van der Waals surface area (Å²) < 4.78 is 36.9. The standard InChI is InChI=1S/C49H66BN3O11S/c1-45(2,3)60-38(55)22-21-30-19-20-31(41(58-13)39(30)42(56)61-46(4,5)6)23-33(50-63-37-25-32-24-36(48(32,10)11)49(37,12)64-50)26-35(54)40(53-59-27-29-17-15-14-16-18-29)34-28-65-43(51-34)52-44(57)62-47(7,8)9/h14-20,28,32-33,36-37H,21-27H2,1-13H3,(H,51,52,57)/b53-40-/t32-,33+,36-,37?,49-/m0/s1. The van der Waals surface area contributed by atoms with Crippen LogP contribution in [-0.2, 0) is 57.4 Å². The van der Waals surface area contributed by atoms with Gasteiger partial charge in [-0.05, 0) is 129 Å². The monoisotopic (exact) mass is 915 g/mol. The first kappa shape index (κ1) is 49.6. The number of hydrogen-bond acceptors (Lipinski definition) is 14. The van der Waals surface area contributed by atoms with Crippen LogP contribution in [0.1, 0.15) is 142 Å². The number of oxime groups is 1. The maximum absolute atomic E-state index is 14.9. The van der Waals surface area contributed by atoms with Crippen LogP contribution < -0.4 is 10.1 Å². The minimum absolute atomic E-state index is 0.0228. The van der Waals surface area contributed by atoms with Gasteiger partial charge in [-0.3, -0.25) is 14.9 Å². The van der Waals surface area contributed by atoms with Gasteiger partial charge in [-0.1, -0.05) is 61.5 Å². The number of nitrogens with one attached hydrogen (secondary N) is 1. The molecule has 352 valence electrons. The molecule has 1 N–H and O–H groups in total. The van der Waals surface area contributed by atoms with Crippen molar-refractivity contribution in [2.24, 2.45) is 22.4 Å². The number of nitrogens with zero attached hydrogens (tertiary/aromatic N) is 2. The molecule has 0 radical (unpaired) electrons. The van der Waals surface area contributed by atoms with Crippen LogP contribution in [0.15, 0.2) is 53.0 Å². The summed E-state index contributed by atoms with van der Waals surface area (Å²) in [5, 5.41) is 8.88. The number of methoxy groups -OCH3 is 1. The van der Waals surface area contributed by atoms with E-state index < -0.39 is 59.2 Å². The third-order valence-corrected chi connectivity index (χ3v) is 13.0. The number of ketones is 1. The highest BCUT2D eigenvalue weighted by Crippen LogP contribution is 2.66. The van der Waals surface area contributed by atoms with E-state index in [1.165, 1.54) is 7.11 Å². The Labute approximate surface area is 388 Å². The first-order chi connectivity index (χ1) is 30.3. The van der Waals surface area contributed by atoms with E-state index in [1.807, 2.05) is 36.4 Å². The van der Waals surface area contributed by atoms with Gasteiger partial charge in [0.1, 0.15) is 40.4 Å². The molecule has 3 saturated carbocycles. The number of hydrogen-bond donors (Lipinski definition) is 1. The normalized spacial score (nSPS) is 22.0. The van der Waals surface area contributed by atoms with E-state index >= 15 is 0 Å². The molecule has 1 saturated heterocycles. The van der Waals surface area contributed by atoms with Crippen LogP contribution in [0.2, 0.25) is 5.82 Å². The third-order valence-electron chi connectivity index (χ3n) is 12.3. The van der Waals surface area contributed by atoms with Gasteiger partial charge >= 0.3 is 25.2 Å². The number of ether oxygens (including phenoxy) is 4. The minimum atomic E-state index is -0.836. The first-order valence-electron chi connectivity index (χ1n) is 22.5. The van der Waals surface area contributed by atoms with Crippen molar-refractivity contribution in [2.45, 2.75) is 163 Å². The van der Waals surface area contributed by atoms with E-state index in [9.17, 15) is 19.2 Å². The number of carbonyl (C=O) groups is 4. The molecule has 1 amide bonds. The molecule has 3 aromatic rings. The van der Waals surface area contributed by atoms with Crippen molar-refractivity contribution < 1.29 is 52.3 Å². The molecule has 2 aromatic carbocycles. The molecule has 2 heterocycles. The maximum atomic E-state index is 14.9. The summed E-state index contributed by atoms with van der Waals surface area (Å²) in [4.78, 5) is 65.0. The first-order valence-corrected chi connectivity index (χ1v) is 23.3. The lowest BCUT2D eigenvalue weighted by Crippen LogP contribution is -2.65. The molecule has 5 atom stereocenters. The lowest BCUT2D eigenvalue weighted by atomic mass is 9.43. The molecule has 14 nitrogen and oxygen atoms in total. The van der Waals surface area contributed by atoms with Crippen molar-refractivity contribution in [1.29, 1.82) is 0 Å². The SMILES string of the molecule is COc1c(C[C@H](CC(=O)/C(=N\OCc2ccccc2)c2csc(NC(=O)OC(C)(C)C)n2)B2OC3C[C@@H]4C[C@@H](C4(C)C)[C@]3(C)O2)ccc(CCC(=O)OC(C)(C)C)c1C(=O)OC(C)(C)C. The smallest absolute Gasteiger partial charge is 0.461 e. The predicted molar refractivity (Wildman–Crippen MR) is 249 cm³/mol. The Bertz CT molecular complexity index is 2260. The molecule has 65 heavy (non-hydrogen) atoms. The van der Waals surface area contributed by atoms with Crippen LogP contribution in [-0.4, -0.2) is 77.2 Å². The van der Waals surface area contributed by atoms with E-state index in [-0.39, 0.29) is 77.6 Å². The van der Waals surface area contributed by atoms with Gasteiger partial charge in [-0.2, -0.15) is 0 Å². The quantitative estimate of drug-likeness (QED) is 0.0475. The van der Waals surface area contributed by atoms with Crippen LogP contribution in [0.5, 0.6) is 5.75 Å². The van der Waals surface area contributed by atoms with Crippen molar-refractivity contribution in [3.05, 3.63) is 75.8 Å². The molecule has 3 aliphatic carbocycles. The van der Waals surface area contributed by atoms with Gasteiger partial charge in [-0.25, -0.2) is 14.6 Å². The summed E-state index contributed by atoms with van der Waals surface area (Å²) >= 11 is 1.12. The van der Waals surface area contributed by atoms with Crippen LogP contribution >= 0.6 is 11.3 Å². The molecule has 7 rings (SSSR count). The van der Waals surface area contributed by atoms with Gasteiger partial charge in [-0.15, -0.1) is 11.3 Å². The number of anilines is 1. The van der Waals surface area contributed by atoms with Gasteiger partial charge in [0, 0.05) is 24.0 Å². The molecular weight excluding hydrogens is 849 g/mol. The van der Waals surface area contributed by atoms with E-state index in [4.69, 9.17) is 33.1 Å². The summed E-state index contributed by atoms with van der Waals surface area (Å²) in [6.07, 6.45) is 1.27. The van der Waals surface area contributed by atoms with Crippen LogP contribution in [0.25, 0.3) is 0 Å². The number of thiazole rings is 1. The summed E-state index contributed by atoms with van der Waals surface area (Å²) in [5.74, 6) is -1.04. The Morgan fingerprint density at radius 2 is 1.57 bits per heavy atom. The van der Waals surface area contributed by atoms with Crippen molar-refractivity contribution in [1.82, 2.24) is 4.98 Å². The molecule has 1 aromatic heterocycles. The molecule has 1 aliphatic heterocycles. The molecule has 16 heteroatoms. The maximum Gasteiger partial charge on any atom is 0.461 e. The highest BCUT2D eigenvalue weighted by molar-refractivity contribution is 7.14. The van der Waals surface area contributed by atoms with Crippen LogP contribution in [0.4, 0.5) is 9.93 Å². The fraction of sp³-hybridized carbons (Fsp3) is 0.592. The van der Waals surface area contributed by atoms with E-state index in [0.717, 1.165) is 29.7 Å². The zero-order chi connectivity index (χ0) is 47.7. The van der Waals surface area contributed by atoms with Crippen molar-refractivity contribution in [3.63, 3.8) is 0 Å². The zero-order valence-electron chi connectivity index (χ0n) is 40.2. The number of amides is 1. The highest BCUT2D eigenvalue weighted by Gasteiger charge is 2.68. The number of aromatic nitrogens is 1. The second-order valence-electron chi connectivity index (χ2n) is 21.2. The highest BCUT2D eigenvalue weighted by atomic mass is 32.1. The van der Waals surface area contributed by atoms with Crippen LogP contribution in [0.3, 0.4) is 0 Å². The Balaban J connectivity index is 1.37. The Hall–Kier alpha value is -4.80. The average molecular weight is 916 g/mol. The van der Waals surface area contributed by atoms with Gasteiger partial charge in [0.2, 0.25) is 0 Å². The molecule has 4 aliphatic rings. The average Bonchev–Trinajstić information content (AvgIpc) is 3.80. The molecule has 0 spiro atoms. The van der Waals surface area contributed by atoms with E-state index in [2.05, 4.69) is 36.2 Å². The zero-order valence-corrected chi connectivity index (χ0v) is 41.1. The summed E-state index contributed by atoms with van der Waals surface area (Å²) in [6, 6.07) is 13.1. The molecule has 4 fully saturated rings. The minimum Gasteiger partial charge on any atom is -0.496 e. The number of esters is 2. The number of aryl methyl sites for hydroxylation is 1. The Morgan fingerprint density at radius 1 is 0.908 bits per heavy atom. The van der Waals surface area contributed by atoms with Crippen molar-refractivity contribution >= 4 is 53.1 Å². The summed E-state index contributed by atoms with van der Waals surface area (Å²) in [7, 11) is 0.662. The largest absolute Gasteiger partial charge is 0.496 e. The number of Topliss-reactive ketones (excluding diaryl/α,β-unsaturated/α-hetero) is 1. The van der Waals surface area contributed by atoms with Crippen molar-refractivity contribution in [3.8, 4) is 5.75 Å². The molecule has 2 bridgehead atoms. The third kappa shape index (κ3) is 12.2. The Morgan fingerprint density at radius 3 is 2.20 bits per heavy atom.